The summed E-state index contributed by atoms with van der Waals surface area (Å²) in [5.41, 5.74) is 0.804. The Bertz CT molecular complexity index is 290. The van der Waals surface area contributed by atoms with Crippen LogP contribution in [0.25, 0.3) is 0 Å². The summed E-state index contributed by atoms with van der Waals surface area (Å²) >= 11 is 5.75. The first-order valence-electron chi connectivity index (χ1n) is 4.37. The molecule has 1 fully saturated rings. The highest BCUT2D eigenvalue weighted by atomic mass is 35.5. The van der Waals surface area contributed by atoms with Gasteiger partial charge in [0.15, 0.2) is 0 Å². The van der Waals surface area contributed by atoms with Crippen LogP contribution >= 0.6 is 11.6 Å². The zero-order chi connectivity index (χ0) is 9.31. The largest absolute Gasteiger partial charge is 0.627 e. The van der Waals surface area contributed by atoms with Crippen molar-refractivity contribution in [3.63, 3.8) is 0 Å². The molecule has 1 saturated heterocycles. The Morgan fingerprint density at radius 2 is 1.92 bits per heavy atom. The van der Waals surface area contributed by atoms with Gasteiger partial charge in [0.2, 0.25) is 0 Å². The van der Waals surface area contributed by atoms with Crippen molar-refractivity contribution in [2.45, 2.75) is 6.42 Å². The normalized spacial score (nSPS) is 20.5. The van der Waals surface area contributed by atoms with Gasteiger partial charge in [0.1, 0.15) is 5.69 Å². The molecule has 0 spiro atoms. The minimum Gasteiger partial charge on any atom is -0.627 e. The van der Waals surface area contributed by atoms with Gasteiger partial charge in [0.05, 0.1) is 13.1 Å². The quantitative estimate of drug-likeness (QED) is 0.500. The predicted octanol–water partition coefficient (Wildman–Crippen LogP) is 2.75. The minimum absolute atomic E-state index is 0.225. The van der Waals surface area contributed by atoms with Crippen LogP contribution in [0, 0.1) is 11.6 Å². The molecule has 1 aromatic carbocycles. The van der Waals surface area contributed by atoms with Gasteiger partial charge in [-0.05, 0) is 12.1 Å². The standard InChI is InChI=1S/C10H11ClNO/c11-9-3-5-10(6-4-9)12(13)7-1-2-8-12/h1,3-6H,2,7-8H2. The fraction of sp³-hybridized carbons (Fsp3) is 0.300. The lowest BCUT2D eigenvalue weighted by molar-refractivity contribution is 0.462. The fourth-order valence-corrected chi connectivity index (χ4v) is 1.76. The molecular weight excluding hydrogens is 186 g/mol. The predicted molar refractivity (Wildman–Crippen MR) is 55.3 cm³/mol. The van der Waals surface area contributed by atoms with Gasteiger partial charge in [-0.2, -0.15) is 0 Å². The molecule has 1 radical (unpaired) electrons. The van der Waals surface area contributed by atoms with E-state index in [2.05, 4.69) is 0 Å². The summed E-state index contributed by atoms with van der Waals surface area (Å²) in [5, 5.41) is 12.8. The van der Waals surface area contributed by atoms with Crippen LogP contribution in [0.15, 0.2) is 24.3 Å². The summed E-state index contributed by atoms with van der Waals surface area (Å²) in [6.07, 6.45) is 2.95. The van der Waals surface area contributed by atoms with Crippen molar-refractivity contribution in [2.24, 2.45) is 0 Å². The van der Waals surface area contributed by atoms with Crippen LogP contribution in [0.4, 0.5) is 5.69 Å². The van der Waals surface area contributed by atoms with Crippen molar-refractivity contribution >= 4 is 17.3 Å². The second kappa shape index (κ2) is 3.29. The van der Waals surface area contributed by atoms with Crippen molar-refractivity contribution in [2.75, 3.05) is 13.1 Å². The van der Waals surface area contributed by atoms with Gasteiger partial charge in [-0.1, -0.05) is 11.6 Å². The van der Waals surface area contributed by atoms with Gasteiger partial charge >= 0.3 is 0 Å². The van der Waals surface area contributed by atoms with Gasteiger partial charge < -0.3 is 9.85 Å². The molecule has 1 aliphatic heterocycles. The van der Waals surface area contributed by atoms with Crippen LogP contribution in [0.5, 0.6) is 0 Å². The van der Waals surface area contributed by atoms with Gasteiger partial charge in [-0.25, -0.2) is 0 Å². The summed E-state index contributed by atoms with van der Waals surface area (Å²) in [7, 11) is 0. The molecule has 69 valence electrons. The van der Waals surface area contributed by atoms with E-state index in [4.69, 9.17) is 11.6 Å². The summed E-state index contributed by atoms with van der Waals surface area (Å²) in [4.78, 5) is 0. The molecule has 1 unspecified atom stereocenters. The molecule has 0 N–H and O–H groups in total. The lowest BCUT2D eigenvalue weighted by atomic mass is 10.3. The molecule has 0 bridgehead atoms. The van der Waals surface area contributed by atoms with E-state index in [0.29, 0.717) is 18.1 Å². The van der Waals surface area contributed by atoms with Crippen molar-refractivity contribution in [1.82, 2.24) is 4.65 Å². The van der Waals surface area contributed by atoms with E-state index in [1.165, 1.54) is 0 Å². The van der Waals surface area contributed by atoms with E-state index in [1.807, 2.05) is 18.6 Å². The van der Waals surface area contributed by atoms with Crippen LogP contribution in [-0.2, 0) is 0 Å². The number of nitrogens with zero attached hydrogens (tertiary/aromatic N) is 1. The smallest absolute Gasteiger partial charge is 0.132 e. The molecule has 1 heterocycles. The van der Waals surface area contributed by atoms with Gasteiger partial charge in [-0.3, -0.25) is 0 Å². The second-order valence-electron chi connectivity index (χ2n) is 3.35. The molecule has 13 heavy (non-hydrogen) atoms. The molecule has 1 aromatic rings. The number of benzene rings is 1. The van der Waals surface area contributed by atoms with E-state index in [0.717, 1.165) is 12.1 Å². The third-order valence-electron chi connectivity index (χ3n) is 2.42. The summed E-state index contributed by atoms with van der Waals surface area (Å²) in [6, 6.07) is 7.17. The minimum atomic E-state index is -0.225. The van der Waals surface area contributed by atoms with Crippen molar-refractivity contribution in [3.05, 3.63) is 40.9 Å². The lowest BCUT2D eigenvalue weighted by Gasteiger charge is -2.37. The number of rotatable bonds is 1. The van der Waals surface area contributed by atoms with Crippen LogP contribution in [0.3, 0.4) is 0 Å². The Labute approximate surface area is 82.9 Å². The molecular formula is C10H11ClNO. The van der Waals surface area contributed by atoms with Crippen LogP contribution in [0.1, 0.15) is 6.42 Å². The maximum atomic E-state index is 12.1. The highest BCUT2D eigenvalue weighted by Crippen LogP contribution is 2.28. The van der Waals surface area contributed by atoms with E-state index >= 15 is 0 Å². The Kier molecular flexibility index (Phi) is 2.28. The fourth-order valence-electron chi connectivity index (χ4n) is 1.64. The molecule has 2 nitrogen and oxygen atoms in total. The Hall–Kier alpha value is -0.570. The number of hydroxylamine groups is 2. The topological polar surface area (TPSA) is 23.1 Å². The van der Waals surface area contributed by atoms with Crippen LogP contribution in [0.2, 0.25) is 5.02 Å². The first-order valence-corrected chi connectivity index (χ1v) is 4.74. The Morgan fingerprint density at radius 3 is 2.46 bits per heavy atom. The zero-order valence-electron chi connectivity index (χ0n) is 7.24. The molecule has 1 aliphatic rings. The van der Waals surface area contributed by atoms with Crippen molar-refractivity contribution in [1.29, 1.82) is 0 Å². The molecule has 3 heteroatoms. The number of quaternary nitrogens is 1. The first kappa shape index (κ1) is 9.00. The molecule has 2 rings (SSSR count). The SMILES string of the molecule is [O-][N+]1(c2ccc(Cl)cc2)C[CH]CC1. The van der Waals surface area contributed by atoms with Crippen molar-refractivity contribution in [3.8, 4) is 0 Å². The molecule has 0 saturated carbocycles. The average Bonchev–Trinajstić information content (AvgIpc) is 2.54. The van der Waals surface area contributed by atoms with E-state index in [-0.39, 0.29) is 4.65 Å². The Morgan fingerprint density at radius 1 is 1.23 bits per heavy atom. The van der Waals surface area contributed by atoms with Crippen molar-refractivity contribution < 1.29 is 0 Å². The lowest BCUT2D eigenvalue weighted by Crippen LogP contribution is -2.39. The highest BCUT2D eigenvalue weighted by molar-refractivity contribution is 6.30. The number of hydrogen-bond donors (Lipinski definition) is 0. The zero-order valence-corrected chi connectivity index (χ0v) is 8.00. The van der Waals surface area contributed by atoms with Crippen LogP contribution in [-0.4, -0.2) is 13.1 Å². The second-order valence-corrected chi connectivity index (χ2v) is 3.79. The number of halogens is 1. The molecule has 0 aromatic heterocycles. The maximum absolute atomic E-state index is 12.1. The molecule has 0 aliphatic carbocycles. The van der Waals surface area contributed by atoms with Gasteiger partial charge in [-0.15, -0.1) is 0 Å². The summed E-state index contributed by atoms with van der Waals surface area (Å²) in [6.45, 7) is 1.24. The summed E-state index contributed by atoms with van der Waals surface area (Å²) in [5.74, 6) is 0. The molecule has 1 atom stereocenters. The Balaban J connectivity index is 2.29. The van der Waals surface area contributed by atoms with Crippen LogP contribution < -0.4 is 4.65 Å². The summed E-state index contributed by atoms with van der Waals surface area (Å²) < 4.78 is -0.225. The highest BCUT2D eigenvalue weighted by Gasteiger charge is 2.25. The van der Waals surface area contributed by atoms with E-state index in [1.54, 1.807) is 12.1 Å². The third-order valence-corrected chi connectivity index (χ3v) is 2.67. The first-order chi connectivity index (χ1) is 6.21. The average molecular weight is 197 g/mol. The maximum Gasteiger partial charge on any atom is 0.132 e. The monoisotopic (exact) mass is 196 g/mol. The van der Waals surface area contributed by atoms with Gasteiger partial charge in [0.25, 0.3) is 0 Å². The van der Waals surface area contributed by atoms with E-state index in [9.17, 15) is 5.21 Å². The third kappa shape index (κ3) is 1.70. The van der Waals surface area contributed by atoms with E-state index < -0.39 is 0 Å². The molecule has 0 amide bonds. The number of hydrogen-bond acceptors (Lipinski definition) is 1. The van der Waals surface area contributed by atoms with Gasteiger partial charge in [0, 0.05) is 30.0 Å².